The van der Waals surface area contributed by atoms with Crippen LogP contribution < -0.4 is 5.56 Å². The minimum Gasteiger partial charge on any atom is -0.284 e. The molecule has 0 atom stereocenters. The van der Waals surface area contributed by atoms with Crippen LogP contribution in [0.4, 0.5) is 0 Å². The van der Waals surface area contributed by atoms with Crippen LogP contribution in [-0.4, -0.2) is 27.8 Å². The number of hydrogen-bond acceptors (Lipinski definition) is 3. The molecule has 0 unspecified atom stereocenters. The lowest BCUT2D eigenvalue weighted by molar-refractivity contribution is 0.122. The Labute approximate surface area is 151 Å². The molecule has 2 aliphatic carbocycles. The van der Waals surface area contributed by atoms with Crippen LogP contribution in [0.2, 0.25) is 0 Å². The monoisotopic (exact) mass is 343 g/mol. The maximum atomic E-state index is 12.4. The van der Waals surface area contributed by atoms with Crippen LogP contribution in [0.15, 0.2) is 10.9 Å². The fraction of sp³-hybridized carbons (Fsp3) is 0.810. The van der Waals surface area contributed by atoms with Crippen molar-refractivity contribution in [3.05, 3.63) is 27.7 Å². The van der Waals surface area contributed by atoms with E-state index in [1.54, 1.807) is 4.68 Å². The number of fused-ring (bicyclic) bond motifs is 1. The quantitative estimate of drug-likeness (QED) is 0.835. The Bertz CT molecular complexity index is 625. The minimum absolute atomic E-state index is 0.0879. The maximum Gasteiger partial charge on any atom is 0.268 e. The molecule has 1 aliphatic heterocycles. The maximum absolute atomic E-state index is 12.4. The van der Waals surface area contributed by atoms with Crippen molar-refractivity contribution in [3.8, 4) is 0 Å². The number of likely N-dealkylation sites (tertiary alicyclic amines) is 1. The van der Waals surface area contributed by atoms with E-state index in [0.717, 1.165) is 43.5 Å². The first-order chi connectivity index (χ1) is 12.3. The summed E-state index contributed by atoms with van der Waals surface area (Å²) < 4.78 is 1.71. The first-order valence-corrected chi connectivity index (χ1v) is 10.6. The fourth-order valence-electron chi connectivity index (χ4n) is 5.15. The second-order valence-electron chi connectivity index (χ2n) is 8.60. The average molecular weight is 344 g/mol. The van der Waals surface area contributed by atoms with E-state index in [1.807, 2.05) is 6.07 Å². The van der Waals surface area contributed by atoms with Crippen LogP contribution in [0.3, 0.4) is 0 Å². The van der Waals surface area contributed by atoms with E-state index in [0.29, 0.717) is 6.67 Å². The highest BCUT2D eigenvalue weighted by molar-refractivity contribution is 5.20. The molecule has 1 aromatic heterocycles. The largest absolute Gasteiger partial charge is 0.284 e. The smallest absolute Gasteiger partial charge is 0.268 e. The van der Waals surface area contributed by atoms with E-state index in [2.05, 4.69) is 10.00 Å². The normalized spacial score (nSPS) is 23.5. The minimum atomic E-state index is 0.0879. The van der Waals surface area contributed by atoms with Gasteiger partial charge in [-0.15, -0.1) is 0 Å². The molecular weight excluding hydrogens is 310 g/mol. The summed E-state index contributed by atoms with van der Waals surface area (Å²) >= 11 is 0. The Morgan fingerprint density at radius 3 is 2.44 bits per heavy atom. The number of nitrogens with zero attached hydrogens (tertiary/aromatic N) is 3. The summed E-state index contributed by atoms with van der Waals surface area (Å²) in [4.78, 5) is 14.8. The first-order valence-electron chi connectivity index (χ1n) is 10.6. The molecule has 1 saturated heterocycles. The number of aromatic nitrogens is 2. The summed E-state index contributed by atoms with van der Waals surface area (Å²) in [5.41, 5.74) is 2.45. The van der Waals surface area contributed by atoms with Gasteiger partial charge in [0.2, 0.25) is 0 Å². The third-order valence-electron chi connectivity index (χ3n) is 6.71. The van der Waals surface area contributed by atoms with Crippen molar-refractivity contribution < 1.29 is 0 Å². The predicted octanol–water partition coefficient (Wildman–Crippen LogP) is 3.76. The van der Waals surface area contributed by atoms with E-state index in [9.17, 15) is 4.79 Å². The molecule has 0 radical (unpaired) electrons. The third kappa shape index (κ3) is 4.33. The molecule has 0 aromatic carbocycles. The highest BCUT2D eigenvalue weighted by Crippen LogP contribution is 2.32. The zero-order valence-corrected chi connectivity index (χ0v) is 15.6. The SMILES string of the molecule is O=c1cc2c(nn1CN1CCC(CC3CCCCC3)CC1)CCCC2. The van der Waals surface area contributed by atoms with E-state index >= 15 is 0 Å². The van der Waals surface area contributed by atoms with Crippen LogP contribution in [0.5, 0.6) is 0 Å². The van der Waals surface area contributed by atoms with Gasteiger partial charge in [-0.1, -0.05) is 32.1 Å². The highest BCUT2D eigenvalue weighted by Gasteiger charge is 2.24. The summed E-state index contributed by atoms with van der Waals surface area (Å²) in [5.74, 6) is 1.91. The fourth-order valence-corrected chi connectivity index (χ4v) is 5.15. The van der Waals surface area contributed by atoms with Gasteiger partial charge in [-0.25, -0.2) is 4.68 Å². The summed E-state index contributed by atoms with van der Waals surface area (Å²) in [6, 6.07) is 1.84. The molecule has 1 aromatic rings. The molecule has 2 fully saturated rings. The summed E-state index contributed by atoms with van der Waals surface area (Å²) in [5, 5.41) is 4.68. The van der Waals surface area contributed by atoms with Crippen LogP contribution in [0.1, 0.15) is 75.5 Å². The molecule has 138 valence electrons. The van der Waals surface area contributed by atoms with Gasteiger partial charge < -0.3 is 0 Å². The van der Waals surface area contributed by atoms with Crippen molar-refractivity contribution in [1.82, 2.24) is 14.7 Å². The molecule has 1 saturated carbocycles. The molecule has 0 spiro atoms. The third-order valence-corrected chi connectivity index (χ3v) is 6.71. The van der Waals surface area contributed by atoms with Crippen molar-refractivity contribution in [2.24, 2.45) is 11.8 Å². The van der Waals surface area contributed by atoms with Crippen LogP contribution >= 0.6 is 0 Å². The van der Waals surface area contributed by atoms with Gasteiger partial charge in [0.15, 0.2) is 0 Å². The van der Waals surface area contributed by atoms with Crippen molar-refractivity contribution in [1.29, 1.82) is 0 Å². The Balaban J connectivity index is 1.30. The number of aryl methyl sites for hydroxylation is 2. The van der Waals surface area contributed by atoms with Crippen molar-refractivity contribution in [3.63, 3.8) is 0 Å². The van der Waals surface area contributed by atoms with Crippen molar-refractivity contribution in [2.75, 3.05) is 13.1 Å². The van der Waals surface area contributed by atoms with E-state index < -0.39 is 0 Å². The van der Waals surface area contributed by atoms with E-state index in [-0.39, 0.29) is 5.56 Å². The topological polar surface area (TPSA) is 38.1 Å². The van der Waals surface area contributed by atoms with Crippen LogP contribution in [0, 0.1) is 11.8 Å². The van der Waals surface area contributed by atoms with Crippen molar-refractivity contribution in [2.45, 2.75) is 83.7 Å². The molecule has 25 heavy (non-hydrogen) atoms. The van der Waals surface area contributed by atoms with Gasteiger partial charge in [-0.05, 0) is 62.3 Å². The Morgan fingerprint density at radius 1 is 0.920 bits per heavy atom. The Hall–Kier alpha value is -1.16. The number of hydrogen-bond donors (Lipinski definition) is 0. The lowest BCUT2D eigenvalue weighted by Gasteiger charge is -2.34. The van der Waals surface area contributed by atoms with Gasteiger partial charge in [0.05, 0.1) is 12.4 Å². The molecule has 0 bridgehead atoms. The second kappa shape index (κ2) is 8.03. The first kappa shape index (κ1) is 17.3. The molecule has 0 N–H and O–H groups in total. The highest BCUT2D eigenvalue weighted by atomic mass is 16.1. The second-order valence-corrected chi connectivity index (χ2v) is 8.60. The van der Waals surface area contributed by atoms with Gasteiger partial charge in [0.25, 0.3) is 5.56 Å². The Kier molecular flexibility index (Phi) is 5.54. The van der Waals surface area contributed by atoms with E-state index in [4.69, 9.17) is 0 Å². The summed E-state index contributed by atoms with van der Waals surface area (Å²) in [7, 11) is 0. The van der Waals surface area contributed by atoms with Crippen molar-refractivity contribution >= 4 is 0 Å². The molecule has 4 nitrogen and oxygen atoms in total. The number of piperidine rings is 1. The molecular formula is C21H33N3O. The molecule has 4 heteroatoms. The van der Waals surface area contributed by atoms with Crippen LogP contribution in [0.25, 0.3) is 0 Å². The van der Waals surface area contributed by atoms with Gasteiger partial charge in [-0.2, -0.15) is 5.10 Å². The van der Waals surface area contributed by atoms with Crippen LogP contribution in [-0.2, 0) is 19.5 Å². The average Bonchev–Trinajstić information content (AvgIpc) is 2.65. The lowest BCUT2D eigenvalue weighted by atomic mass is 9.80. The number of rotatable bonds is 4. The standard InChI is InChI=1S/C21H33N3O/c25-21-15-19-8-4-5-9-20(19)22-24(21)16-23-12-10-18(11-13-23)14-17-6-2-1-3-7-17/h15,17-18H,1-14,16H2. The summed E-state index contributed by atoms with van der Waals surface area (Å²) in [6.07, 6.45) is 15.8. The summed E-state index contributed by atoms with van der Waals surface area (Å²) in [6.45, 7) is 2.94. The van der Waals surface area contributed by atoms with Gasteiger partial charge in [0.1, 0.15) is 0 Å². The Morgan fingerprint density at radius 2 is 1.64 bits per heavy atom. The molecule has 4 rings (SSSR count). The zero-order chi connectivity index (χ0) is 17.1. The molecule has 2 heterocycles. The van der Waals surface area contributed by atoms with Gasteiger partial charge in [-0.3, -0.25) is 9.69 Å². The lowest BCUT2D eigenvalue weighted by Crippen LogP contribution is -2.39. The molecule has 3 aliphatic rings. The van der Waals surface area contributed by atoms with Gasteiger partial charge in [0, 0.05) is 19.2 Å². The zero-order valence-electron chi connectivity index (χ0n) is 15.6. The predicted molar refractivity (Wildman–Crippen MR) is 101 cm³/mol. The van der Waals surface area contributed by atoms with Gasteiger partial charge >= 0.3 is 0 Å². The molecule has 0 amide bonds. The van der Waals surface area contributed by atoms with E-state index in [1.165, 1.54) is 69.8 Å².